The summed E-state index contributed by atoms with van der Waals surface area (Å²) >= 11 is 0. The molecule has 12 heteroatoms. The summed E-state index contributed by atoms with van der Waals surface area (Å²) in [5.41, 5.74) is 41.3. The standard InChI is InChI=1S/3C46H30N4/c1-29-14-12-15-30(2)45(29)50-42-23-11-9-19-35(42)37-27-32(28-38(46(37)50)44-39(47-3)20-13-21-40(44)48-4)31-24-25-43-36(26-31)34-18-8-10-22-41(34)49(43)33-16-6-5-7-17-33;1-29-12-11-13-30(2)45(29)50-43-19-10-8-17-37(43)40-27-33(26-39(46(40)50)35-22-20-31(28-47)24-41(35)48-3)32-21-23-44-38(25-32)36-16-7-9-18-42(36)49(44)34-14-5-4-6-15-34;1-29-12-11-13-30(2)45(29)50-43-19-10-8-17-36(43)39-26-33(27-40(46(39)50)37-24-31(28-47)20-22-41(37)48-3)32-21-23-44-38(25-32)35-16-7-9-18-42(35)49(44)34-14-5-4-6-15-34/h5-28H,1-2H3;2*4-27H,1-2H3. The summed E-state index contributed by atoms with van der Waals surface area (Å²) in [6.07, 6.45) is 0. The Morgan fingerprint density at radius 3 is 0.787 bits per heavy atom. The minimum Gasteiger partial charge on any atom is -0.309 e. The molecule has 12 nitrogen and oxygen atoms in total. The number of nitrogens with zero attached hydrogens (tertiary/aromatic N) is 12. The first-order valence-corrected chi connectivity index (χ1v) is 50.1. The lowest BCUT2D eigenvalue weighted by Crippen LogP contribution is -2.01. The van der Waals surface area contributed by atoms with Gasteiger partial charge in [-0.2, -0.15) is 10.5 Å². The Morgan fingerprint density at radius 1 is 0.187 bits per heavy atom. The first-order chi connectivity index (χ1) is 73.7. The molecule has 0 aliphatic rings. The fourth-order valence-corrected chi connectivity index (χ4v) is 23.4. The van der Waals surface area contributed by atoms with Crippen molar-refractivity contribution in [3.8, 4) is 113 Å². The zero-order valence-electron chi connectivity index (χ0n) is 82.9. The smallest absolute Gasteiger partial charge is 0.196 e. The molecular weight excluding hydrogens is 1830 g/mol. The van der Waals surface area contributed by atoms with E-state index in [1.807, 2.05) is 54.6 Å². The maximum Gasteiger partial charge on any atom is 0.196 e. The van der Waals surface area contributed by atoms with Gasteiger partial charge in [0.25, 0.3) is 0 Å². The number of nitriles is 2. The van der Waals surface area contributed by atoms with Crippen molar-refractivity contribution in [3.05, 3.63) is 527 Å². The van der Waals surface area contributed by atoms with Gasteiger partial charge in [0.15, 0.2) is 22.7 Å². The molecule has 0 aliphatic heterocycles. The van der Waals surface area contributed by atoms with Crippen molar-refractivity contribution < 1.29 is 0 Å². The van der Waals surface area contributed by atoms with Gasteiger partial charge in [0, 0.05) is 87.3 Å². The third-order valence-corrected chi connectivity index (χ3v) is 30.0. The van der Waals surface area contributed by atoms with Gasteiger partial charge in [-0.15, -0.1) is 0 Å². The maximum absolute atomic E-state index is 9.97. The first-order valence-electron chi connectivity index (χ1n) is 50.1. The molecule has 0 saturated heterocycles. The highest BCUT2D eigenvalue weighted by atomic mass is 15.0. The fourth-order valence-electron chi connectivity index (χ4n) is 23.4. The van der Waals surface area contributed by atoms with Crippen molar-refractivity contribution in [1.82, 2.24) is 27.4 Å². The summed E-state index contributed by atoms with van der Waals surface area (Å²) in [7, 11) is 0. The van der Waals surface area contributed by atoms with Gasteiger partial charge < -0.3 is 27.4 Å². The van der Waals surface area contributed by atoms with Gasteiger partial charge >= 0.3 is 0 Å². The van der Waals surface area contributed by atoms with E-state index in [1.54, 1.807) is 18.2 Å². The molecule has 0 saturated carbocycles. The Morgan fingerprint density at radius 2 is 0.453 bits per heavy atom. The first kappa shape index (κ1) is 90.6. The molecule has 6 heterocycles. The van der Waals surface area contributed by atoms with Crippen LogP contribution in [0, 0.1) is 90.5 Å². The molecule has 0 bridgehead atoms. The van der Waals surface area contributed by atoms with Crippen LogP contribution in [0.2, 0.25) is 0 Å². The molecule has 0 spiro atoms. The molecule has 21 aromatic carbocycles. The molecular formula is C138H90N12. The molecule has 150 heavy (non-hydrogen) atoms. The number of hydrogen-bond acceptors (Lipinski definition) is 2. The van der Waals surface area contributed by atoms with Gasteiger partial charge in [-0.05, 0) is 305 Å². The minimum atomic E-state index is 0.460. The number of para-hydroxylation sites is 12. The quantitative estimate of drug-likeness (QED) is 0.114. The highest BCUT2D eigenvalue weighted by Crippen LogP contribution is 2.53. The van der Waals surface area contributed by atoms with Crippen LogP contribution in [0.25, 0.3) is 251 Å². The van der Waals surface area contributed by atoms with Gasteiger partial charge in [0.2, 0.25) is 0 Å². The lowest BCUT2D eigenvalue weighted by atomic mass is 9.93. The molecule has 0 aliphatic carbocycles. The van der Waals surface area contributed by atoms with E-state index in [9.17, 15) is 10.5 Å². The molecule has 0 N–H and O–H groups in total. The van der Waals surface area contributed by atoms with Crippen molar-refractivity contribution >= 4 is 154 Å². The average Bonchev–Trinajstić information content (AvgIpc) is 1.56. The second kappa shape index (κ2) is 37.0. The van der Waals surface area contributed by atoms with Crippen LogP contribution in [0.3, 0.4) is 0 Å². The summed E-state index contributed by atoms with van der Waals surface area (Å²) in [6, 6.07) is 157. The summed E-state index contributed by atoms with van der Waals surface area (Å²) in [5.74, 6) is 0. The van der Waals surface area contributed by atoms with Gasteiger partial charge in [0.1, 0.15) is 0 Å². The van der Waals surface area contributed by atoms with E-state index in [4.69, 9.17) is 26.3 Å². The summed E-state index contributed by atoms with van der Waals surface area (Å²) < 4.78 is 14.1. The van der Waals surface area contributed by atoms with E-state index in [-0.39, 0.29) is 0 Å². The molecule has 27 rings (SSSR count). The molecule has 0 unspecified atom stereocenters. The number of rotatable bonds is 12. The number of benzene rings is 21. The van der Waals surface area contributed by atoms with Crippen molar-refractivity contribution in [2.45, 2.75) is 41.5 Å². The highest BCUT2D eigenvalue weighted by molar-refractivity contribution is 6.22. The van der Waals surface area contributed by atoms with E-state index in [1.165, 1.54) is 54.6 Å². The van der Waals surface area contributed by atoms with Gasteiger partial charge in [-0.1, -0.05) is 273 Å². The Kier molecular flexibility index (Phi) is 22.3. The van der Waals surface area contributed by atoms with Crippen LogP contribution in [0.5, 0.6) is 0 Å². The lowest BCUT2D eigenvalue weighted by Gasteiger charge is -2.18. The molecule has 27 aromatic rings. The number of aryl methyl sites for hydroxylation is 6. The predicted molar refractivity (Wildman–Crippen MR) is 621 cm³/mol. The van der Waals surface area contributed by atoms with E-state index in [0.29, 0.717) is 39.4 Å². The lowest BCUT2D eigenvalue weighted by molar-refractivity contribution is 1.12. The monoisotopic (exact) mass is 1910 g/mol. The SMILES string of the molecule is [C-]#[N+]c1cc(C#N)ccc1-c1cc(-c2ccc3c(c2)c2ccccc2n3-c2ccccc2)cc2c3ccccc3n(-c3c(C)cccc3C)c12.[C-]#[N+]c1ccc(C#N)cc1-c1cc(-c2ccc3c(c2)c2ccccc2n3-c2ccccc2)cc2c3ccccc3n(-c3c(C)cccc3C)c12.[C-]#[N+]c1cccc([N+]#[C-])c1-c1cc(-c2ccc3c(c2)c2ccccc2n3-c2ccccc2)cc2c3ccccc3n(-c3c(C)cccc3C)c12. The Hall–Kier alpha value is -20.6. The second-order valence-corrected chi connectivity index (χ2v) is 38.6. The number of aromatic nitrogens is 6. The van der Waals surface area contributed by atoms with E-state index < -0.39 is 0 Å². The normalized spacial score (nSPS) is 11.4. The average molecular weight is 1920 g/mol. The van der Waals surface area contributed by atoms with Crippen LogP contribution in [0.4, 0.5) is 22.7 Å². The van der Waals surface area contributed by atoms with Crippen LogP contribution < -0.4 is 0 Å². The van der Waals surface area contributed by atoms with Gasteiger partial charge in [-0.3, -0.25) is 0 Å². The van der Waals surface area contributed by atoms with Gasteiger partial charge in [0.05, 0.1) is 127 Å². The van der Waals surface area contributed by atoms with Crippen LogP contribution in [-0.4, -0.2) is 27.4 Å². The Labute approximate surface area is 867 Å². The number of fused-ring (bicyclic) bond motifs is 18. The fraction of sp³-hybridized carbons (Fsp3) is 0.0435. The zero-order chi connectivity index (χ0) is 102. The maximum atomic E-state index is 9.97. The second-order valence-electron chi connectivity index (χ2n) is 38.6. The van der Waals surface area contributed by atoms with E-state index in [2.05, 4.69) is 464 Å². The van der Waals surface area contributed by atoms with Crippen molar-refractivity contribution in [2.75, 3.05) is 0 Å². The highest BCUT2D eigenvalue weighted by Gasteiger charge is 2.30. The Bertz CT molecular complexity index is 10500. The van der Waals surface area contributed by atoms with Crippen LogP contribution >= 0.6 is 0 Å². The van der Waals surface area contributed by atoms with E-state index >= 15 is 0 Å². The van der Waals surface area contributed by atoms with E-state index in [0.717, 1.165) is 205 Å². The molecule has 0 radical (unpaired) electrons. The summed E-state index contributed by atoms with van der Waals surface area (Å²) in [4.78, 5) is 15.8. The van der Waals surface area contributed by atoms with Crippen LogP contribution in [0.15, 0.2) is 437 Å². The largest absolute Gasteiger partial charge is 0.309 e. The van der Waals surface area contributed by atoms with Gasteiger partial charge in [-0.25, -0.2) is 19.4 Å². The zero-order valence-corrected chi connectivity index (χ0v) is 82.9. The third kappa shape index (κ3) is 14.8. The van der Waals surface area contributed by atoms with Crippen molar-refractivity contribution in [2.24, 2.45) is 0 Å². The summed E-state index contributed by atoms with van der Waals surface area (Å²) in [6.45, 7) is 45.6. The van der Waals surface area contributed by atoms with Crippen molar-refractivity contribution in [1.29, 1.82) is 10.5 Å². The molecule has 0 fully saturated rings. The molecule has 702 valence electrons. The minimum absolute atomic E-state index is 0.460. The summed E-state index contributed by atoms with van der Waals surface area (Å²) in [5, 5.41) is 33.5. The number of hydrogen-bond donors (Lipinski definition) is 0. The molecule has 0 amide bonds. The van der Waals surface area contributed by atoms with Crippen LogP contribution in [-0.2, 0) is 0 Å². The molecule has 0 atom stereocenters. The topological polar surface area (TPSA) is 94.6 Å². The van der Waals surface area contributed by atoms with Crippen LogP contribution in [0.1, 0.15) is 44.5 Å². The third-order valence-electron chi connectivity index (χ3n) is 30.0. The predicted octanol–water partition coefficient (Wildman–Crippen LogP) is 37.4. The van der Waals surface area contributed by atoms with Crippen molar-refractivity contribution in [3.63, 3.8) is 0 Å². The Balaban J connectivity index is 0.000000116. The molecule has 6 aromatic heterocycles.